The van der Waals surface area contributed by atoms with Crippen LogP contribution in [0.4, 0.5) is 5.69 Å². The van der Waals surface area contributed by atoms with Crippen LogP contribution >= 0.6 is 0 Å². The lowest BCUT2D eigenvalue weighted by Crippen LogP contribution is -2.41. The van der Waals surface area contributed by atoms with Crippen LogP contribution < -0.4 is 16.2 Å². The van der Waals surface area contributed by atoms with E-state index in [9.17, 15) is 0 Å². The van der Waals surface area contributed by atoms with E-state index in [1.54, 1.807) is 12.1 Å². The van der Waals surface area contributed by atoms with E-state index in [1.807, 2.05) is 40.0 Å². The van der Waals surface area contributed by atoms with E-state index in [1.165, 1.54) is 0 Å². The lowest BCUT2D eigenvalue weighted by molar-refractivity contribution is 0.00578. The number of nitrogens with zero attached hydrogens (tertiary/aromatic N) is 1. The average Bonchev–Trinajstić information content (AvgIpc) is 2.48. The lowest BCUT2D eigenvalue weighted by atomic mass is 9.76. The largest absolute Gasteiger partial charge is 0.494 e. The van der Waals surface area contributed by atoms with Gasteiger partial charge in [0, 0.05) is 5.69 Å². The number of hydrogen-bond donors (Lipinski definition) is 1. The third-order valence-corrected chi connectivity index (χ3v) is 3.70. The fourth-order valence-electron chi connectivity index (χ4n) is 1.93. The van der Waals surface area contributed by atoms with Gasteiger partial charge in [0.2, 0.25) is 0 Å². The van der Waals surface area contributed by atoms with Gasteiger partial charge < -0.3 is 9.31 Å². The third kappa shape index (κ3) is 2.63. The molecule has 1 saturated heterocycles. The Kier molecular flexibility index (Phi) is 3.38. The summed E-state index contributed by atoms with van der Waals surface area (Å²) >= 11 is 0. The molecule has 0 atom stereocenters. The molecule has 1 fully saturated rings. The summed E-state index contributed by atoms with van der Waals surface area (Å²) in [6.45, 7) is 7.98. The van der Waals surface area contributed by atoms with E-state index in [-0.39, 0.29) is 0 Å². The Morgan fingerprint density at radius 2 is 1.74 bits per heavy atom. The van der Waals surface area contributed by atoms with Crippen molar-refractivity contribution >= 4 is 31.6 Å². The number of benzene rings is 1. The molecule has 0 aliphatic carbocycles. The van der Waals surface area contributed by atoms with Crippen molar-refractivity contribution in [1.29, 1.82) is 5.26 Å². The van der Waals surface area contributed by atoms with Gasteiger partial charge in [-0.05, 0) is 45.3 Å². The zero-order chi connectivity index (χ0) is 14.3. The Morgan fingerprint density at radius 3 is 2.26 bits per heavy atom. The molecule has 0 spiro atoms. The minimum atomic E-state index is -0.479. The van der Waals surface area contributed by atoms with Crippen LogP contribution in [-0.2, 0) is 9.31 Å². The molecule has 1 aliphatic heterocycles. The van der Waals surface area contributed by atoms with Crippen molar-refractivity contribution in [3.63, 3.8) is 0 Å². The molecule has 0 unspecified atom stereocenters. The first-order valence-corrected chi connectivity index (χ1v) is 6.16. The van der Waals surface area contributed by atoms with Crippen LogP contribution in [0.1, 0.15) is 27.7 Å². The molecule has 1 heterocycles. The predicted octanol–water partition coefficient (Wildman–Crippen LogP) is 0.673. The SMILES string of the molecule is [B]c1cc(NC#N)cc(B2OC(C)(C)C(C)(C)O2)c1. The Hall–Kier alpha value is -1.44. The summed E-state index contributed by atoms with van der Waals surface area (Å²) in [6.07, 6.45) is 1.87. The zero-order valence-electron chi connectivity index (χ0n) is 11.7. The Balaban J connectivity index is 2.32. The van der Waals surface area contributed by atoms with Crippen LogP contribution in [0.3, 0.4) is 0 Å². The van der Waals surface area contributed by atoms with Crippen molar-refractivity contribution in [3.05, 3.63) is 18.2 Å². The molecule has 1 N–H and O–H groups in total. The van der Waals surface area contributed by atoms with Gasteiger partial charge in [-0.15, -0.1) is 0 Å². The van der Waals surface area contributed by atoms with Crippen molar-refractivity contribution in [2.75, 3.05) is 5.32 Å². The van der Waals surface area contributed by atoms with Crippen molar-refractivity contribution in [1.82, 2.24) is 0 Å². The van der Waals surface area contributed by atoms with Gasteiger partial charge in [-0.1, -0.05) is 11.5 Å². The second kappa shape index (κ2) is 4.59. The first-order valence-electron chi connectivity index (χ1n) is 6.16. The molecule has 0 aromatic heterocycles. The molecule has 0 saturated carbocycles. The van der Waals surface area contributed by atoms with Gasteiger partial charge in [0.15, 0.2) is 6.19 Å². The molecular formula is C13H16B2N2O2. The second-order valence-corrected chi connectivity index (χ2v) is 5.71. The van der Waals surface area contributed by atoms with Gasteiger partial charge >= 0.3 is 7.12 Å². The Bertz CT molecular complexity index is 522. The van der Waals surface area contributed by atoms with Crippen molar-refractivity contribution in [2.45, 2.75) is 38.9 Å². The summed E-state index contributed by atoms with van der Waals surface area (Å²) in [7, 11) is 5.35. The van der Waals surface area contributed by atoms with Crippen LogP contribution in [0.2, 0.25) is 0 Å². The van der Waals surface area contributed by atoms with Crippen molar-refractivity contribution < 1.29 is 9.31 Å². The van der Waals surface area contributed by atoms with Crippen LogP contribution in [0.25, 0.3) is 0 Å². The van der Waals surface area contributed by atoms with Crippen LogP contribution in [0.5, 0.6) is 0 Å². The Morgan fingerprint density at radius 1 is 1.16 bits per heavy atom. The van der Waals surface area contributed by atoms with Gasteiger partial charge in [-0.25, -0.2) is 0 Å². The molecule has 2 radical (unpaired) electrons. The number of nitriles is 1. The molecule has 0 bridgehead atoms. The first-order chi connectivity index (χ1) is 8.75. The average molecular weight is 254 g/mol. The summed E-state index contributed by atoms with van der Waals surface area (Å²) in [5.74, 6) is 0. The molecule has 1 aliphatic rings. The highest BCUT2D eigenvalue weighted by molar-refractivity contribution is 6.62. The van der Waals surface area contributed by atoms with Crippen LogP contribution in [0.15, 0.2) is 18.2 Å². The monoisotopic (exact) mass is 254 g/mol. The molecular weight excluding hydrogens is 238 g/mol. The maximum atomic E-state index is 8.67. The second-order valence-electron chi connectivity index (χ2n) is 5.71. The molecule has 19 heavy (non-hydrogen) atoms. The highest BCUT2D eigenvalue weighted by Crippen LogP contribution is 2.36. The molecule has 4 nitrogen and oxygen atoms in total. The van der Waals surface area contributed by atoms with Gasteiger partial charge in [-0.2, -0.15) is 5.26 Å². The third-order valence-electron chi connectivity index (χ3n) is 3.70. The minimum Gasteiger partial charge on any atom is -0.399 e. The molecule has 0 amide bonds. The lowest BCUT2D eigenvalue weighted by Gasteiger charge is -2.32. The predicted molar refractivity (Wildman–Crippen MR) is 76.8 cm³/mol. The number of hydrogen-bond acceptors (Lipinski definition) is 4. The fourth-order valence-corrected chi connectivity index (χ4v) is 1.93. The summed E-state index contributed by atoms with van der Waals surface area (Å²) in [4.78, 5) is 0. The van der Waals surface area contributed by atoms with E-state index in [2.05, 4.69) is 5.32 Å². The topological polar surface area (TPSA) is 54.3 Å². The van der Waals surface area contributed by atoms with E-state index >= 15 is 0 Å². The highest BCUT2D eigenvalue weighted by Gasteiger charge is 2.51. The highest BCUT2D eigenvalue weighted by atomic mass is 16.7. The van der Waals surface area contributed by atoms with E-state index in [0.717, 1.165) is 5.46 Å². The molecule has 1 aromatic carbocycles. The fraction of sp³-hybridized carbons (Fsp3) is 0.462. The zero-order valence-corrected chi connectivity index (χ0v) is 11.7. The normalized spacial score (nSPS) is 20.1. The molecule has 1 aromatic rings. The number of anilines is 1. The summed E-state index contributed by atoms with van der Waals surface area (Å²) in [5.41, 5.74) is 1.20. The molecule has 6 heteroatoms. The maximum Gasteiger partial charge on any atom is 0.494 e. The minimum absolute atomic E-state index is 0.398. The quantitative estimate of drug-likeness (QED) is 0.478. The van der Waals surface area contributed by atoms with Gasteiger partial charge in [-0.3, -0.25) is 5.32 Å². The summed E-state index contributed by atoms with van der Waals surface area (Å²) in [5, 5.41) is 11.2. The van der Waals surface area contributed by atoms with Crippen molar-refractivity contribution in [2.24, 2.45) is 0 Å². The first kappa shape index (κ1) is 14.0. The molecule has 96 valence electrons. The van der Waals surface area contributed by atoms with Crippen LogP contribution in [0, 0.1) is 11.5 Å². The van der Waals surface area contributed by atoms with Crippen LogP contribution in [-0.4, -0.2) is 26.2 Å². The van der Waals surface area contributed by atoms with E-state index in [4.69, 9.17) is 22.4 Å². The van der Waals surface area contributed by atoms with Crippen molar-refractivity contribution in [3.8, 4) is 6.19 Å². The smallest absolute Gasteiger partial charge is 0.399 e. The summed E-state index contributed by atoms with van der Waals surface area (Å²) < 4.78 is 11.9. The van der Waals surface area contributed by atoms with Gasteiger partial charge in [0.1, 0.15) is 7.85 Å². The number of nitrogens with one attached hydrogen (secondary N) is 1. The Labute approximate surface area is 115 Å². The van der Waals surface area contributed by atoms with E-state index in [0.29, 0.717) is 11.2 Å². The van der Waals surface area contributed by atoms with Gasteiger partial charge in [0.05, 0.1) is 11.2 Å². The standard InChI is InChI=1S/C13H16B2N2O2/c1-12(2)13(3,4)19-15(18-12)10-5-9(14)6-11(7-10)17-8-16/h5-7,17H,1-4H3. The van der Waals surface area contributed by atoms with Gasteiger partial charge in [0.25, 0.3) is 0 Å². The van der Waals surface area contributed by atoms with E-state index < -0.39 is 18.3 Å². The maximum absolute atomic E-state index is 8.67. The number of rotatable bonds is 2. The summed E-state index contributed by atoms with van der Waals surface area (Å²) in [6, 6.07) is 5.30. The molecule has 2 rings (SSSR count).